The van der Waals surface area contributed by atoms with Crippen LogP contribution >= 0.6 is 0 Å². The van der Waals surface area contributed by atoms with E-state index >= 15 is 0 Å². The molecule has 0 radical (unpaired) electrons. The number of hydrogen-bond acceptors (Lipinski definition) is 3. The Labute approximate surface area is 220 Å². The number of nitrogens with zero attached hydrogens (tertiary/aromatic N) is 3. The van der Waals surface area contributed by atoms with Gasteiger partial charge in [-0.15, -0.1) is 0 Å². The topological polar surface area (TPSA) is 79.9 Å². The number of hydrogen-bond donors (Lipinski definition) is 2. The largest absolute Gasteiger partial charge is 0.478 e. The molecule has 0 spiro atoms. The number of carbonyl (C=O) groups excluding carboxylic acids is 1. The Balaban J connectivity index is 1.51. The van der Waals surface area contributed by atoms with Gasteiger partial charge in [0.15, 0.2) is 0 Å². The van der Waals surface area contributed by atoms with Crippen LogP contribution in [0.15, 0.2) is 30.5 Å². The quantitative estimate of drug-likeness (QED) is 0.572. The van der Waals surface area contributed by atoms with E-state index in [1.807, 2.05) is 23.1 Å². The molecule has 0 bridgehead atoms. The molecule has 2 N–H and O–H groups in total. The van der Waals surface area contributed by atoms with Crippen LogP contribution < -0.4 is 0 Å². The summed E-state index contributed by atoms with van der Waals surface area (Å²) in [4.78, 5) is 36.5. The van der Waals surface area contributed by atoms with Gasteiger partial charge in [0.25, 0.3) is 0 Å². The second kappa shape index (κ2) is 10.2. The van der Waals surface area contributed by atoms with Gasteiger partial charge in [-0.1, -0.05) is 52.3 Å². The summed E-state index contributed by atoms with van der Waals surface area (Å²) in [5.41, 5.74) is 2.19. The van der Waals surface area contributed by atoms with Crippen LogP contribution in [-0.4, -0.2) is 75.6 Å². The van der Waals surface area contributed by atoms with Gasteiger partial charge in [0.1, 0.15) is 0 Å². The van der Waals surface area contributed by atoms with Crippen LogP contribution in [0.2, 0.25) is 0 Å². The fraction of sp³-hybridized carbons (Fsp3) is 0.600. The molecule has 5 rings (SSSR count). The predicted molar refractivity (Wildman–Crippen MR) is 147 cm³/mol. The highest BCUT2D eigenvalue weighted by atomic mass is 16.4. The number of aromatic amines is 1. The average Bonchev–Trinajstić information content (AvgIpc) is 3.21. The first-order valence-corrected chi connectivity index (χ1v) is 14.0. The molecule has 1 unspecified atom stereocenters. The van der Waals surface area contributed by atoms with E-state index in [2.05, 4.69) is 43.6 Å². The number of nitrogens with one attached hydrogen (secondary N) is 1. The highest BCUT2D eigenvalue weighted by molar-refractivity contribution is 6.17. The van der Waals surface area contributed by atoms with Crippen molar-refractivity contribution in [3.05, 3.63) is 41.7 Å². The van der Waals surface area contributed by atoms with Crippen molar-refractivity contribution in [1.82, 2.24) is 19.7 Å². The number of aliphatic carboxylic acids is 1. The molecule has 2 amide bonds. The molecule has 0 saturated carbocycles. The van der Waals surface area contributed by atoms with Crippen molar-refractivity contribution in [3.63, 3.8) is 0 Å². The second-order valence-corrected chi connectivity index (χ2v) is 12.2. The van der Waals surface area contributed by atoms with E-state index in [4.69, 9.17) is 0 Å². The van der Waals surface area contributed by atoms with E-state index in [0.717, 1.165) is 62.0 Å². The Hall–Kier alpha value is -2.80. The molecule has 3 aliphatic heterocycles. The first kappa shape index (κ1) is 25.8. The fourth-order valence-corrected chi connectivity index (χ4v) is 7.34. The number of piperidine rings is 2. The molecule has 2 fully saturated rings. The van der Waals surface area contributed by atoms with E-state index < -0.39 is 11.4 Å². The number of fused-ring (bicyclic) bond motifs is 3. The molecule has 7 heteroatoms. The molecule has 2 atom stereocenters. The van der Waals surface area contributed by atoms with Crippen LogP contribution in [-0.2, 0) is 10.2 Å². The highest BCUT2D eigenvalue weighted by Crippen LogP contribution is 2.45. The van der Waals surface area contributed by atoms with E-state index in [-0.39, 0.29) is 23.6 Å². The smallest absolute Gasteiger partial charge is 0.339 e. The van der Waals surface area contributed by atoms with Crippen molar-refractivity contribution < 1.29 is 14.7 Å². The maximum atomic E-state index is 14.2. The molecule has 1 aromatic carbocycles. The number of aromatic nitrogens is 1. The van der Waals surface area contributed by atoms with E-state index in [1.165, 1.54) is 19.3 Å². The summed E-state index contributed by atoms with van der Waals surface area (Å²) in [7, 11) is 0. The van der Waals surface area contributed by atoms with Gasteiger partial charge in [-0.2, -0.15) is 0 Å². The number of carbonyl (C=O) groups is 2. The lowest BCUT2D eigenvalue weighted by molar-refractivity contribution is -0.130. The molecule has 2 saturated heterocycles. The van der Waals surface area contributed by atoms with Crippen LogP contribution in [0.25, 0.3) is 16.5 Å². The zero-order valence-electron chi connectivity index (χ0n) is 22.8. The second-order valence-electron chi connectivity index (χ2n) is 12.2. The van der Waals surface area contributed by atoms with Crippen molar-refractivity contribution in [3.8, 4) is 0 Å². The lowest BCUT2D eigenvalue weighted by Crippen LogP contribution is -2.56. The van der Waals surface area contributed by atoms with Crippen molar-refractivity contribution in [1.29, 1.82) is 0 Å². The Morgan fingerprint density at radius 1 is 1.08 bits per heavy atom. The number of rotatable bonds is 4. The van der Waals surface area contributed by atoms with Crippen molar-refractivity contribution in [2.75, 3.05) is 32.7 Å². The Bertz CT molecular complexity index is 1190. The number of para-hydroxylation sites is 1. The lowest BCUT2D eigenvalue weighted by atomic mass is 9.72. The van der Waals surface area contributed by atoms with Crippen LogP contribution in [0.5, 0.6) is 0 Å². The van der Waals surface area contributed by atoms with E-state index in [9.17, 15) is 14.7 Å². The molecule has 0 aliphatic carbocycles. The van der Waals surface area contributed by atoms with Crippen LogP contribution in [0.1, 0.15) is 71.1 Å². The summed E-state index contributed by atoms with van der Waals surface area (Å²) in [6, 6.07) is 7.73. The number of likely N-dealkylation sites (tertiary alicyclic amines) is 2. The average molecular weight is 507 g/mol. The van der Waals surface area contributed by atoms with Crippen LogP contribution in [0.3, 0.4) is 0 Å². The number of carboxylic acids is 1. The van der Waals surface area contributed by atoms with Crippen molar-refractivity contribution in [2.45, 2.75) is 71.3 Å². The maximum absolute atomic E-state index is 14.2. The molecule has 1 aromatic heterocycles. The summed E-state index contributed by atoms with van der Waals surface area (Å²) in [5.74, 6) is -0.431. The zero-order chi connectivity index (χ0) is 26.3. The molecule has 200 valence electrons. The van der Waals surface area contributed by atoms with E-state index in [0.29, 0.717) is 11.6 Å². The number of H-pyrrole nitrogens is 1. The number of carboxylic acid groups (broad SMARTS) is 1. The third-order valence-electron chi connectivity index (χ3n) is 8.76. The first-order chi connectivity index (χ1) is 17.7. The third kappa shape index (κ3) is 4.78. The molecule has 3 aliphatic rings. The minimum atomic E-state index is -1.02. The monoisotopic (exact) mass is 506 g/mol. The minimum Gasteiger partial charge on any atom is -0.478 e. The highest BCUT2D eigenvalue weighted by Gasteiger charge is 2.46. The molecular weight excluding hydrogens is 464 g/mol. The summed E-state index contributed by atoms with van der Waals surface area (Å²) >= 11 is 0. The predicted octanol–water partition coefficient (Wildman–Crippen LogP) is 5.53. The summed E-state index contributed by atoms with van der Waals surface area (Å²) in [5, 5.41) is 11.3. The Morgan fingerprint density at radius 3 is 2.51 bits per heavy atom. The number of amides is 2. The minimum absolute atomic E-state index is 0.0664. The van der Waals surface area contributed by atoms with Gasteiger partial charge in [0.2, 0.25) is 0 Å². The Morgan fingerprint density at radius 2 is 1.81 bits per heavy atom. The zero-order valence-corrected chi connectivity index (χ0v) is 22.8. The van der Waals surface area contributed by atoms with Crippen LogP contribution in [0, 0.1) is 11.8 Å². The standard InChI is InChI=1S/C30H42N4O3/c1-20(2)27-30(3,4)25-22-12-6-7-13-24(22)31-26(25)23(28(35)36)19-34(27)29(37)33-16-10-11-21(18-33)17-32-14-8-5-9-15-32/h6-7,12-13,19-21,27,31H,5,8-11,14-18H2,1-4H3,(H,35,36)/t21-,27?/m1/s1. The number of urea groups is 1. The van der Waals surface area contributed by atoms with Gasteiger partial charge < -0.3 is 19.9 Å². The number of benzene rings is 1. The van der Waals surface area contributed by atoms with Crippen molar-refractivity contribution >= 4 is 28.5 Å². The molecule has 7 nitrogen and oxygen atoms in total. The van der Waals surface area contributed by atoms with Gasteiger partial charge in [0.05, 0.1) is 11.3 Å². The van der Waals surface area contributed by atoms with Crippen LogP contribution in [0.4, 0.5) is 4.79 Å². The molecule has 4 heterocycles. The van der Waals surface area contributed by atoms with Gasteiger partial charge >= 0.3 is 12.0 Å². The fourth-order valence-electron chi connectivity index (χ4n) is 7.34. The summed E-state index contributed by atoms with van der Waals surface area (Å²) < 4.78 is 0. The maximum Gasteiger partial charge on any atom is 0.339 e. The molecular formula is C30H42N4O3. The SMILES string of the molecule is CC(C)C1N(C(=O)N2CCC[C@H](CN3CCCCC3)C2)C=C(C(=O)O)c2[nH]c3ccccc3c2C1(C)C. The lowest BCUT2D eigenvalue weighted by Gasteiger charge is -2.45. The normalized spacial score (nSPS) is 24.6. The van der Waals surface area contributed by atoms with Gasteiger partial charge in [0, 0.05) is 48.2 Å². The third-order valence-corrected chi connectivity index (χ3v) is 8.76. The van der Waals surface area contributed by atoms with Gasteiger partial charge in [-0.3, -0.25) is 4.90 Å². The van der Waals surface area contributed by atoms with Crippen molar-refractivity contribution in [2.24, 2.45) is 11.8 Å². The van der Waals surface area contributed by atoms with Gasteiger partial charge in [-0.25, -0.2) is 9.59 Å². The summed E-state index contributed by atoms with van der Waals surface area (Å²) in [6.07, 6.45) is 7.62. The molecule has 2 aromatic rings. The van der Waals surface area contributed by atoms with Gasteiger partial charge in [-0.05, 0) is 62.2 Å². The summed E-state index contributed by atoms with van der Waals surface area (Å²) in [6.45, 7) is 13.4. The first-order valence-electron chi connectivity index (χ1n) is 14.0. The Kier molecular flexibility index (Phi) is 7.10. The molecule has 37 heavy (non-hydrogen) atoms. The van der Waals surface area contributed by atoms with E-state index in [1.54, 1.807) is 11.1 Å².